The summed E-state index contributed by atoms with van der Waals surface area (Å²) in [5.74, 6) is -0.143. The Balaban J connectivity index is 1.58. The highest BCUT2D eigenvalue weighted by atomic mass is 32.3. The Kier molecular flexibility index (Phi) is 7.90. The van der Waals surface area contributed by atoms with E-state index in [0.29, 0.717) is 52.8 Å². The summed E-state index contributed by atoms with van der Waals surface area (Å²) in [5.41, 5.74) is 0.934. The number of fused-ring (bicyclic) bond motifs is 1. The number of anilines is 1. The Morgan fingerprint density at radius 2 is 2.09 bits per heavy atom. The number of amides is 1. The van der Waals surface area contributed by atoms with Gasteiger partial charge in [-0.2, -0.15) is 0 Å². The van der Waals surface area contributed by atoms with Gasteiger partial charge in [0.15, 0.2) is 16.9 Å². The first-order valence-corrected chi connectivity index (χ1v) is 12.8. The van der Waals surface area contributed by atoms with Crippen molar-refractivity contribution in [3.8, 4) is 5.88 Å². The lowest BCUT2D eigenvalue weighted by Crippen LogP contribution is -2.25. The first kappa shape index (κ1) is 25.0. The van der Waals surface area contributed by atoms with Gasteiger partial charge in [-0.1, -0.05) is 28.6 Å². The minimum absolute atomic E-state index is 0.0365. The van der Waals surface area contributed by atoms with Gasteiger partial charge in [0.05, 0.1) is 31.8 Å². The van der Waals surface area contributed by atoms with Crippen LogP contribution in [0.5, 0.6) is 5.88 Å². The molecule has 1 aliphatic heterocycles. The molecule has 14 heteroatoms. The zero-order chi connectivity index (χ0) is 24.8. The van der Waals surface area contributed by atoms with Gasteiger partial charge >= 0.3 is 0 Å². The molecule has 2 aromatic heterocycles. The second kappa shape index (κ2) is 11.1. The predicted molar refractivity (Wildman–Crippen MR) is 131 cm³/mol. The SMILES string of the molecule is COc1ccc2nc(NC(=O)C(=NO[C@@H]3CCOC3)c3ccc(S(O)(O)NCC=O)cc3)sc2n1. The molecule has 12 nitrogen and oxygen atoms in total. The smallest absolute Gasteiger partial charge is 0.280 e. The molecule has 186 valence electrons. The molecule has 4 N–H and O–H groups in total. The largest absolute Gasteiger partial charge is 0.481 e. The van der Waals surface area contributed by atoms with Gasteiger partial charge in [0.2, 0.25) is 5.88 Å². The number of nitrogens with one attached hydrogen (secondary N) is 2. The van der Waals surface area contributed by atoms with Crippen LogP contribution in [0.25, 0.3) is 10.3 Å². The van der Waals surface area contributed by atoms with E-state index in [1.807, 2.05) is 0 Å². The fourth-order valence-electron chi connectivity index (χ4n) is 3.11. The van der Waals surface area contributed by atoms with Gasteiger partial charge in [0, 0.05) is 18.1 Å². The molecule has 0 saturated carbocycles. The highest BCUT2D eigenvalue weighted by molar-refractivity contribution is 8.22. The molecule has 1 aliphatic rings. The van der Waals surface area contributed by atoms with Crippen LogP contribution in [0.15, 0.2) is 46.4 Å². The Hall–Kier alpha value is -3.14. The van der Waals surface area contributed by atoms with Crippen molar-refractivity contribution in [2.75, 3.05) is 32.2 Å². The van der Waals surface area contributed by atoms with Crippen molar-refractivity contribution in [1.29, 1.82) is 0 Å². The summed E-state index contributed by atoms with van der Waals surface area (Å²) >= 11 is 1.18. The van der Waals surface area contributed by atoms with E-state index in [9.17, 15) is 18.7 Å². The highest BCUT2D eigenvalue weighted by Gasteiger charge is 2.22. The molecule has 1 atom stereocenters. The number of pyridine rings is 1. The molecule has 4 rings (SSSR count). The molecule has 35 heavy (non-hydrogen) atoms. The number of aromatic nitrogens is 2. The Labute approximate surface area is 205 Å². The normalized spacial score (nSPS) is 16.8. The lowest BCUT2D eigenvalue weighted by Gasteiger charge is -2.32. The average Bonchev–Trinajstić information content (AvgIpc) is 3.52. The van der Waals surface area contributed by atoms with E-state index in [2.05, 4.69) is 25.2 Å². The van der Waals surface area contributed by atoms with E-state index in [4.69, 9.17) is 14.3 Å². The van der Waals surface area contributed by atoms with Crippen LogP contribution in [0.1, 0.15) is 12.0 Å². The predicted octanol–water partition coefficient (Wildman–Crippen LogP) is 2.66. The minimum Gasteiger partial charge on any atom is -0.481 e. The molecule has 1 amide bonds. The van der Waals surface area contributed by atoms with Crippen LogP contribution in [-0.2, 0) is 19.2 Å². The molecule has 1 saturated heterocycles. The third-order valence-electron chi connectivity index (χ3n) is 4.88. The number of nitrogens with zero attached hydrogens (tertiary/aromatic N) is 3. The molecule has 3 aromatic rings. The molecule has 1 fully saturated rings. The summed E-state index contributed by atoms with van der Waals surface area (Å²) in [6.07, 6.45) is 0.886. The minimum atomic E-state index is -3.37. The van der Waals surface area contributed by atoms with Crippen LogP contribution in [0.4, 0.5) is 5.13 Å². The summed E-state index contributed by atoms with van der Waals surface area (Å²) in [6, 6.07) is 9.28. The maximum atomic E-state index is 13.2. The number of benzene rings is 1. The van der Waals surface area contributed by atoms with E-state index >= 15 is 0 Å². The van der Waals surface area contributed by atoms with Crippen LogP contribution in [0.3, 0.4) is 0 Å². The Bertz CT molecular complexity index is 1230. The molecule has 0 unspecified atom stereocenters. The van der Waals surface area contributed by atoms with Gasteiger partial charge in [-0.25, -0.2) is 14.7 Å². The third-order valence-corrected chi connectivity index (χ3v) is 7.26. The lowest BCUT2D eigenvalue weighted by molar-refractivity contribution is -0.110. The van der Waals surface area contributed by atoms with Crippen LogP contribution < -0.4 is 14.8 Å². The van der Waals surface area contributed by atoms with Gasteiger partial charge in [-0.15, -0.1) is 10.8 Å². The zero-order valence-corrected chi connectivity index (χ0v) is 20.2. The van der Waals surface area contributed by atoms with Gasteiger partial charge < -0.3 is 19.1 Å². The van der Waals surface area contributed by atoms with E-state index < -0.39 is 16.7 Å². The number of hydrogen-bond acceptors (Lipinski definition) is 12. The second-order valence-corrected chi connectivity index (χ2v) is 10.1. The van der Waals surface area contributed by atoms with E-state index in [0.717, 1.165) is 0 Å². The van der Waals surface area contributed by atoms with Crippen molar-refractivity contribution in [2.45, 2.75) is 17.4 Å². The highest BCUT2D eigenvalue weighted by Crippen LogP contribution is 2.43. The summed E-state index contributed by atoms with van der Waals surface area (Å²) in [7, 11) is -1.86. The number of oxime groups is 1. The average molecular weight is 522 g/mol. The number of hydrogen-bond donors (Lipinski definition) is 4. The summed E-state index contributed by atoms with van der Waals surface area (Å²) in [6.45, 7) is 0.690. The second-order valence-electron chi connectivity index (χ2n) is 7.27. The summed E-state index contributed by atoms with van der Waals surface area (Å²) in [4.78, 5) is 38.7. The first-order valence-electron chi connectivity index (χ1n) is 10.4. The lowest BCUT2D eigenvalue weighted by atomic mass is 10.1. The van der Waals surface area contributed by atoms with Gasteiger partial charge in [0.25, 0.3) is 5.91 Å². The van der Waals surface area contributed by atoms with Crippen LogP contribution in [-0.4, -0.2) is 70.0 Å². The standard InChI is InChI=1S/C21H23N5O7S2/c1-31-17-7-6-16-20(24-17)34-21(23-16)25-19(28)18(26-33-14-8-11-32-12-14)13-2-4-15(5-3-13)35(29,30)22-9-10-27/h2-7,10,14,22,29-30H,8-9,11-12H2,1H3,(H,23,25,28)/t14-/m1/s1. The first-order chi connectivity index (χ1) is 16.9. The summed E-state index contributed by atoms with van der Waals surface area (Å²) in [5, 5.41) is 7.11. The molecule has 0 aliphatic carbocycles. The fourth-order valence-corrected chi connectivity index (χ4v) is 4.92. The van der Waals surface area contributed by atoms with Crippen LogP contribution in [0.2, 0.25) is 0 Å². The maximum Gasteiger partial charge on any atom is 0.280 e. The maximum absolute atomic E-state index is 13.2. The third kappa shape index (κ3) is 6.11. The molecule has 1 aromatic carbocycles. The molecular weight excluding hydrogens is 498 g/mol. The van der Waals surface area contributed by atoms with Crippen molar-refractivity contribution >= 4 is 55.5 Å². The summed E-state index contributed by atoms with van der Waals surface area (Å²) < 4.78 is 33.2. The number of carbonyl (C=O) groups excluding carboxylic acids is 2. The van der Waals surface area contributed by atoms with Crippen molar-refractivity contribution in [3.05, 3.63) is 42.0 Å². The number of aldehydes is 1. The number of carbonyl (C=O) groups is 2. The quantitative estimate of drug-likeness (QED) is 0.177. The Morgan fingerprint density at radius 1 is 1.29 bits per heavy atom. The van der Waals surface area contributed by atoms with Crippen molar-refractivity contribution in [3.63, 3.8) is 0 Å². The van der Waals surface area contributed by atoms with Crippen molar-refractivity contribution in [1.82, 2.24) is 14.7 Å². The number of ether oxygens (including phenoxy) is 2. The van der Waals surface area contributed by atoms with E-state index in [1.54, 1.807) is 12.1 Å². The van der Waals surface area contributed by atoms with Gasteiger partial charge in [-0.05, 0) is 18.2 Å². The Morgan fingerprint density at radius 3 is 2.77 bits per heavy atom. The van der Waals surface area contributed by atoms with E-state index in [-0.39, 0.29) is 23.3 Å². The van der Waals surface area contributed by atoms with Crippen LogP contribution >= 0.6 is 22.1 Å². The number of methoxy groups -OCH3 is 1. The zero-order valence-electron chi connectivity index (χ0n) is 18.5. The molecule has 0 bridgehead atoms. The molecular formula is C21H23N5O7S2. The van der Waals surface area contributed by atoms with E-state index in [1.165, 1.54) is 42.7 Å². The number of rotatable bonds is 10. The topological polar surface area (TPSA) is 164 Å². The molecule has 0 radical (unpaired) electrons. The molecule has 3 heterocycles. The van der Waals surface area contributed by atoms with Crippen LogP contribution in [0, 0.1) is 0 Å². The molecule has 0 spiro atoms. The fraction of sp³-hybridized carbons (Fsp3) is 0.286. The van der Waals surface area contributed by atoms with Crippen molar-refractivity contribution in [2.24, 2.45) is 5.16 Å². The van der Waals surface area contributed by atoms with Crippen molar-refractivity contribution < 1.29 is 33.0 Å². The monoisotopic (exact) mass is 521 g/mol. The van der Waals surface area contributed by atoms with Gasteiger partial charge in [0.1, 0.15) is 16.6 Å². The number of thiazole rings is 1. The van der Waals surface area contributed by atoms with Gasteiger partial charge in [-0.3, -0.25) is 19.2 Å².